The zero-order valence-corrected chi connectivity index (χ0v) is 15.8. The fourth-order valence-corrected chi connectivity index (χ4v) is 3.32. The fourth-order valence-electron chi connectivity index (χ4n) is 1.43. The number of hydrogen-bond donors (Lipinski definition) is 0. The molecule has 0 unspecified atom stereocenters. The van der Waals surface area contributed by atoms with E-state index in [0.29, 0.717) is 10.3 Å². The van der Waals surface area contributed by atoms with E-state index >= 15 is 0 Å². The molecule has 0 fully saturated rings. The molecular formula is C12H14Br4O. The van der Waals surface area contributed by atoms with Crippen molar-refractivity contribution in [1.82, 2.24) is 0 Å². The van der Waals surface area contributed by atoms with E-state index < -0.39 is 0 Å². The summed E-state index contributed by atoms with van der Waals surface area (Å²) < 4.78 is 8.08. The van der Waals surface area contributed by atoms with Gasteiger partial charge in [0.25, 0.3) is 0 Å². The summed E-state index contributed by atoms with van der Waals surface area (Å²) in [6.45, 7) is 2.85. The van der Waals surface area contributed by atoms with Gasteiger partial charge in [-0.15, -0.1) is 0 Å². The van der Waals surface area contributed by atoms with E-state index in [2.05, 4.69) is 82.8 Å². The van der Waals surface area contributed by atoms with Gasteiger partial charge in [0.2, 0.25) is 0 Å². The van der Waals surface area contributed by atoms with Gasteiger partial charge in [-0.05, 0) is 56.0 Å². The molecular weight excluding hydrogens is 480 g/mol. The molecule has 1 aromatic carbocycles. The van der Waals surface area contributed by atoms with Crippen molar-refractivity contribution in [3.05, 3.63) is 26.6 Å². The second-order valence-corrected chi connectivity index (χ2v) is 8.81. The summed E-state index contributed by atoms with van der Waals surface area (Å²) in [4.78, 5) is 0. The van der Waals surface area contributed by atoms with Crippen LogP contribution in [0.5, 0.6) is 5.75 Å². The van der Waals surface area contributed by atoms with Crippen LogP contribution in [-0.2, 0) is 6.42 Å². The molecule has 0 bridgehead atoms. The highest BCUT2D eigenvalue weighted by atomic mass is 79.9. The van der Waals surface area contributed by atoms with Crippen molar-refractivity contribution in [3.63, 3.8) is 0 Å². The van der Waals surface area contributed by atoms with Crippen molar-refractivity contribution < 1.29 is 4.74 Å². The van der Waals surface area contributed by atoms with Gasteiger partial charge >= 0.3 is 0 Å². The van der Waals surface area contributed by atoms with Crippen LogP contribution in [0.3, 0.4) is 0 Å². The third kappa shape index (κ3) is 5.62. The van der Waals surface area contributed by atoms with Gasteiger partial charge in [0.05, 0.1) is 19.3 Å². The minimum Gasteiger partial charge on any atom is -0.491 e. The Hall–Kier alpha value is 0.940. The second-order valence-electron chi connectivity index (χ2n) is 3.67. The summed E-state index contributed by atoms with van der Waals surface area (Å²) in [6, 6.07) is 4.26. The Bertz CT molecular complexity index is 343. The molecule has 1 aromatic rings. The fraction of sp³-hybridized carbons (Fsp3) is 0.500. The lowest BCUT2D eigenvalue weighted by atomic mass is 10.1. The molecule has 0 aliphatic heterocycles. The zero-order valence-electron chi connectivity index (χ0n) is 9.48. The number of aryl methyl sites for hydroxylation is 1. The molecule has 0 saturated carbocycles. The molecule has 96 valence electrons. The van der Waals surface area contributed by atoms with Crippen molar-refractivity contribution in [3.8, 4) is 5.75 Å². The molecule has 0 amide bonds. The Kier molecular flexibility index (Phi) is 7.70. The first kappa shape index (κ1) is 16.0. The maximum atomic E-state index is 5.76. The Balaban J connectivity index is 2.72. The summed E-state index contributed by atoms with van der Waals surface area (Å²) in [6.07, 6.45) is 3.14. The van der Waals surface area contributed by atoms with Crippen molar-refractivity contribution in [2.45, 2.75) is 29.9 Å². The van der Waals surface area contributed by atoms with Crippen molar-refractivity contribution in [2.24, 2.45) is 0 Å². The second kappa shape index (κ2) is 8.18. The summed E-state index contributed by atoms with van der Waals surface area (Å²) in [5.41, 5.74) is 1.32. The molecule has 5 heteroatoms. The van der Waals surface area contributed by atoms with E-state index in [0.717, 1.165) is 34.0 Å². The molecule has 0 aromatic heterocycles. The topological polar surface area (TPSA) is 9.23 Å². The maximum absolute atomic E-state index is 5.76. The van der Waals surface area contributed by atoms with Gasteiger partial charge in [-0.2, -0.15) is 0 Å². The highest BCUT2D eigenvalue weighted by Crippen LogP contribution is 2.35. The molecule has 0 aliphatic rings. The third-order valence-corrected chi connectivity index (χ3v) is 4.27. The number of ether oxygens (including phenoxy) is 1. The molecule has 0 spiro atoms. The summed E-state index contributed by atoms with van der Waals surface area (Å²) >= 11 is 14.0. The first-order valence-corrected chi connectivity index (χ1v) is 8.85. The molecule has 0 N–H and O–H groups in total. The van der Waals surface area contributed by atoms with Gasteiger partial charge in [0.15, 0.2) is 0 Å². The highest BCUT2D eigenvalue weighted by Gasteiger charge is 2.09. The van der Waals surface area contributed by atoms with Gasteiger partial charge in [0.1, 0.15) is 5.75 Å². The summed E-state index contributed by atoms with van der Waals surface area (Å²) in [7, 11) is 0. The number of alkyl halides is 2. The van der Waals surface area contributed by atoms with Gasteiger partial charge < -0.3 is 4.74 Å². The Morgan fingerprint density at radius 3 is 2.24 bits per heavy atom. The first-order valence-electron chi connectivity index (χ1n) is 5.43. The lowest BCUT2D eigenvalue weighted by Crippen LogP contribution is -2.02. The van der Waals surface area contributed by atoms with Gasteiger partial charge in [0, 0.05) is 6.42 Å². The van der Waals surface area contributed by atoms with Crippen LogP contribution in [0.4, 0.5) is 0 Å². The average molecular weight is 494 g/mol. The normalized spacial score (nSPS) is 10.9. The first-order chi connectivity index (χ1) is 8.04. The van der Waals surface area contributed by atoms with Crippen molar-refractivity contribution in [2.75, 3.05) is 6.61 Å². The third-order valence-electron chi connectivity index (χ3n) is 2.18. The molecule has 0 heterocycles. The van der Waals surface area contributed by atoms with E-state index in [1.807, 2.05) is 0 Å². The smallest absolute Gasteiger partial charge is 0.147 e. The molecule has 17 heavy (non-hydrogen) atoms. The van der Waals surface area contributed by atoms with E-state index in [-0.39, 0.29) is 0 Å². The van der Waals surface area contributed by atoms with Crippen LogP contribution in [0, 0.1) is 0 Å². The summed E-state index contributed by atoms with van der Waals surface area (Å²) in [5.74, 6) is 0.880. The predicted molar refractivity (Wildman–Crippen MR) is 87.6 cm³/mol. The van der Waals surface area contributed by atoms with Gasteiger partial charge in [-0.1, -0.05) is 45.2 Å². The number of hydrogen-bond acceptors (Lipinski definition) is 1. The van der Waals surface area contributed by atoms with E-state index in [9.17, 15) is 0 Å². The van der Waals surface area contributed by atoms with E-state index in [1.165, 1.54) is 5.56 Å². The lowest BCUT2D eigenvalue weighted by molar-refractivity contribution is 0.313. The van der Waals surface area contributed by atoms with E-state index in [4.69, 9.17) is 4.74 Å². The molecule has 1 nitrogen and oxygen atoms in total. The minimum atomic E-state index is 0.298. The molecule has 0 aliphatic carbocycles. The standard InChI is InChI=1S/C12H14Br4O/c1-2-3-8-6-9(13)12(10(14)7-8)17-5-4-11(15)16/h6-7,11H,2-5H2,1H3. The number of benzene rings is 1. The van der Waals surface area contributed by atoms with Crippen LogP contribution in [0.1, 0.15) is 25.3 Å². The zero-order chi connectivity index (χ0) is 12.8. The Labute approximate surface area is 136 Å². The SMILES string of the molecule is CCCc1cc(Br)c(OCCC(Br)Br)c(Br)c1. The van der Waals surface area contributed by atoms with Crippen LogP contribution in [0.2, 0.25) is 0 Å². The van der Waals surface area contributed by atoms with E-state index in [1.54, 1.807) is 0 Å². The predicted octanol–water partition coefficient (Wildman–Crippen LogP) is 6.05. The Morgan fingerprint density at radius 1 is 1.18 bits per heavy atom. The minimum absolute atomic E-state index is 0.298. The number of halogens is 4. The maximum Gasteiger partial charge on any atom is 0.147 e. The largest absolute Gasteiger partial charge is 0.491 e. The number of rotatable bonds is 6. The van der Waals surface area contributed by atoms with Gasteiger partial charge in [-0.25, -0.2) is 0 Å². The quantitative estimate of drug-likeness (QED) is 0.438. The highest BCUT2D eigenvalue weighted by molar-refractivity contribution is 9.24. The molecule has 0 atom stereocenters. The molecule has 0 saturated heterocycles. The van der Waals surface area contributed by atoms with Gasteiger partial charge in [-0.3, -0.25) is 0 Å². The monoisotopic (exact) mass is 490 g/mol. The van der Waals surface area contributed by atoms with Crippen LogP contribution in [0.15, 0.2) is 21.1 Å². The van der Waals surface area contributed by atoms with Crippen LogP contribution in [-0.4, -0.2) is 10.3 Å². The summed E-state index contributed by atoms with van der Waals surface area (Å²) in [5, 5.41) is 0. The van der Waals surface area contributed by atoms with Crippen LogP contribution in [0.25, 0.3) is 0 Å². The van der Waals surface area contributed by atoms with Crippen molar-refractivity contribution in [1.29, 1.82) is 0 Å². The van der Waals surface area contributed by atoms with Crippen LogP contribution >= 0.6 is 63.7 Å². The molecule has 1 rings (SSSR count). The molecule has 0 radical (unpaired) electrons. The lowest BCUT2D eigenvalue weighted by Gasteiger charge is -2.12. The average Bonchev–Trinajstić information content (AvgIpc) is 2.22. The van der Waals surface area contributed by atoms with Crippen molar-refractivity contribution >= 4 is 63.7 Å². The van der Waals surface area contributed by atoms with Crippen LogP contribution < -0.4 is 4.74 Å². The Morgan fingerprint density at radius 2 is 1.76 bits per heavy atom.